The molecule has 7 nitrogen and oxygen atoms in total. The highest BCUT2D eigenvalue weighted by Crippen LogP contribution is 2.21. The highest BCUT2D eigenvalue weighted by molar-refractivity contribution is 5.81. The van der Waals surface area contributed by atoms with Crippen molar-refractivity contribution < 1.29 is 4.79 Å². The lowest BCUT2D eigenvalue weighted by Crippen LogP contribution is -2.51. The van der Waals surface area contributed by atoms with Gasteiger partial charge in [-0.1, -0.05) is 13.8 Å². The van der Waals surface area contributed by atoms with Gasteiger partial charge in [0.2, 0.25) is 5.91 Å². The number of piperazine rings is 1. The van der Waals surface area contributed by atoms with Crippen molar-refractivity contribution in [1.29, 1.82) is 0 Å². The number of carbonyl (C=O) groups excluding carboxylic acids is 1. The summed E-state index contributed by atoms with van der Waals surface area (Å²) in [5, 5.41) is 4.16. The van der Waals surface area contributed by atoms with Crippen molar-refractivity contribution >= 4 is 11.6 Å². The van der Waals surface area contributed by atoms with Gasteiger partial charge in [-0.3, -0.25) is 9.78 Å². The van der Waals surface area contributed by atoms with Crippen LogP contribution in [0.1, 0.15) is 19.9 Å². The SMILES string of the molecule is CC(C)[C@@H](C(=O)N1CCN(c2ccncc2)CC1)n1cncn1. The second-order valence-corrected chi connectivity index (χ2v) is 6.08. The maximum absolute atomic E-state index is 12.9. The molecule has 0 unspecified atom stereocenters. The molecule has 1 aliphatic rings. The zero-order valence-electron chi connectivity index (χ0n) is 13.5. The van der Waals surface area contributed by atoms with E-state index in [0.29, 0.717) is 0 Å². The average Bonchev–Trinajstić information content (AvgIpc) is 3.09. The van der Waals surface area contributed by atoms with Crippen molar-refractivity contribution in [3.8, 4) is 0 Å². The Bertz CT molecular complexity index is 619. The van der Waals surface area contributed by atoms with Gasteiger partial charge in [-0.2, -0.15) is 5.10 Å². The van der Waals surface area contributed by atoms with E-state index < -0.39 is 0 Å². The van der Waals surface area contributed by atoms with Gasteiger partial charge in [0.25, 0.3) is 0 Å². The fourth-order valence-electron chi connectivity index (χ4n) is 2.99. The summed E-state index contributed by atoms with van der Waals surface area (Å²) in [5.41, 5.74) is 1.16. The smallest absolute Gasteiger partial charge is 0.247 e. The Balaban J connectivity index is 1.66. The van der Waals surface area contributed by atoms with E-state index in [1.54, 1.807) is 23.4 Å². The van der Waals surface area contributed by atoms with Gasteiger partial charge < -0.3 is 9.80 Å². The molecular formula is C16H22N6O. The molecule has 0 aliphatic carbocycles. The van der Waals surface area contributed by atoms with E-state index in [0.717, 1.165) is 31.9 Å². The molecule has 2 aromatic heterocycles. The van der Waals surface area contributed by atoms with Crippen molar-refractivity contribution in [3.63, 3.8) is 0 Å². The van der Waals surface area contributed by atoms with Gasteiger partial charge in [-0.15, -0.1) is 0 Å². The van der Waals surface area contributed by atoms with Crippen LogP contribution in [0.25, 0.3) is 0 Å². The highest BCUT2D eigenvalue weighted by atomic mass is 16.2. The monoisotopic (exact) mass is 314 g/mol. The number of amides is 1. The summed E-state index contributed by atoms with van der Waals surface area (Å²) < 4.78 is 1.67. The molecule has 1 aliphatic heterocycles. The Hall–Kier alpha value is -2.44. The molecular weight excluding hydrogens is 292 g/mol. The molecule has 0 aromatic carbocycles. The quantitative estimate of drug-likeness (QED) is 0.849. The summed E-state index contributed by atoms with van der Waals surface area (Å²) in [6.45, 7) is 7.18. The zero-order chi connectivity index (χ0) is 16.2. The van der Waals surface area contributed by atoms with Gasteiger partial charge in [-0.25, -0.2) is 9.67 Å². The Labute approximate surface area is 135 Å². The van der Waals surface area contributed by atoms with E-state index in [4.69, 9.17) is 0 Å². The molecule has 3 rings (SSSR count). The molecule has 0 N–H and O–H groups in total. The summed E-state index contributed by atoms with van der Waals surface area (Å²) in [4.78, 5) is 25.1. The number of anilines is 1. The fraction of sp³-hybridized carbons (Fsp3) is 0.500. The summed E-state index contributed by atoms with van der Waals surface area (Å²) in [6, 6.07) is 3.72. The van der Waals surface area contributed by atoms with Gasteiger partial charge in [0.05, 0.1) is 0 Å². The van der Waals surface area contributed by atoms with Crippen LogP contribution in [0.4, 0.5) is 5.69 Å². The summed E-state index contributed by atoms with van der Waals surface area (Å²) >= 11 is 0. The second kappa shape index (κ2) is 6.76. The van der Waals surface area contributed by atoms with E-state index in [1.807, 2.05) is 30.9 Å². The highest BCUT2D eigenvalue weighted by Gasteiger charge is 2.31. The van der Waals surface area contributed by atoms with Gasteiger partial charge in [0.1, 0.15) is 18.7 Å². The number of hydrogen-bond donors (Lipinski definition) is 0. The number of rotatable bonds is 4. The minimum Gasteiger partial charge on any atom is -0.368 e. The van der Waals surface area contributed by atoms with Crippen molar-refractivity contribution in [2.24, 2.45) is 5.92 Å². The van der Waals surface area contributed by atoms with E-state index in [9.17, 15) is 4.79 Å². The lowest BCUT2D eigenvalue weighted by atomic mass is 10.0. The topological polar surface area (TPSA) is 67.2 Å². The summed E-state index contributed by atoms with van der Waals surface area (Å²) in [7, 11) is 0. The van der Waals surface area contributed by atoms with Crippen molar-refractivity contribution in [2.75, 3.05) is 31.1 Å². The molecule has 1 atom stereocenters. The van der Waals surface area contributed by atoms with Crippen LogP contribution in [0.15, 0.2) is 37.2 Å². The summed E-state index contributed by atoms with van der Waals surface area (Å²) in [5.74, 6) is 0.294. The first kappa shape index (κ1) is 15.5. The number of carbonyl (C=O) groups is 1. The third-order valence-electron chi connectivity index (χ3n) is 4.23. The van der Waals surface area contributed by atoms with Crippen LogP contribution >= 0.6 is 0 Å². The Morgan fingerprint density at radius 3 is 2.35 bits per heavy atom. The molecule has 0 spiro atoms. The maximum Gasteiger partial charge on any atom is 0.247 e. The predicted octanol–water partition coefficient (Wildman–Crippen LogP) is 1.22. The number of nitrogens with zero attached hydrogens (tertiary/aromatic N) is 6. The molecule has 1 saturated heterocycles. The minimum atomic E-state index is -0.287. The second-order valence-electron chi connectivity index (χ2n) is 6.08. The van der Waals surface area contributed by atoms with Gasteiger partial charge >= 0.3 is 0 Å². The van der Waals surface area contributed by atoms with E-state index in [2.05, 4.69) is 20.0 Å². The lowest BCUT2D eigenvalue weighted by Gasteiger charge is -2.38. The Morgan fingerprint density at radius 1 is 1.09 bits per heavy atom. The molecule has 0 saturated carbocycles. The third kappa shape index (κ3) is 3.33. The molecule has 2 aromatic rings. The zero-order valence-corrected chi connectivity index (χ0v) is 13.5. The van der Waals surface area contributed by atoms with E-state index >= 15 is 0 Å². The first-order valence-corrected chi connectivity index (χ1v) is 7.94. The fourth-order valence-corrected chi connectivity index (χ4v) is 2.99. The predicted molar refractivity (Wildman–Crippen MR) is 86.9 cm³/mol. The molecule has 1 amide bonds. The van der Waals surface area contributed by atoms with E-state index in [1.165, 1.54) is 6.33 Å². The average molecular weight is 314 g/mol. The van der Waals surface area contributed by atoms with Crippen molar-refractivity contribution in [1.82, 2.24) is 24.6 Å². The normalized spacial score (nSPS) is 16.7. The summed E-state index contributed by atoms with van der Waals surface area (Å²) in [6.07, 6.45) is 6.69. The Morgan fingerprint density at radius 2 is 1.78 bits per heavy atom. The van der Waals surface area contributed by atoms with Crippen LogP contribution in [0.3, 0.4) is 0 Å². The molecule has 122 valence electrons. The van der Waals surface area contributed by atoms with Crippen molar-refractivity contribution in [2.45, 2.75) is 19.9 Å². The first-order chi connectivity index (χ1) is 11.2. The van der Waals surface area contributed by atoms with Crippen LogP contribution in [-0.2, 0) is 4.79 Å². The molecule has 0 bridgehead atoms. The first-order valence-electron chi connectivity index (χ1n) is 7.94. The number of aromatic nitrogens is 4. The number of pyridine rings is 1. The molecule has 1 fully saturated rings. The van der Waals surface area contributed by atoms with Crippen LogP contribution in [0.5, 0.6) is 0 Å². The molecule has 3 heterocycles. The van der Waals surface area contributed by atoms with Gasteiger partial charge in [-0.05, 0) is 18.1 Å². The van der Waals surface area contributed by atoms with Crippen LogP contribution in [-0.4, -0.2) is 56.7 Å². The van der Waals surface area contributed by atoms with Crippen molar-refractivity contribution in [3.05, 3.63) is 37.2 Å². The lowest BCUT2D eigenvalue weighted by molar-refractivity contribution is -0.136. The van der Waals surface area contributed by atoms with Crippen LogP contribution in [0, 0.1) is 5.92 Å². The third-order valence-corrected chi connectivity index (χ3v) is 4.23. The maximum atomic E-state index is 12.9. The van der Waals surface area contributed by atoms with Crippen LogP contribution in [0.2, 0.25) is 0 Å². The van der Waals surface area contributed by atoms with E-state index in [-0.39, 0.29) is 17.9 Å². The molecule has 7 heteroatoms. The Kier molecular flexibility index (Phi) is 4.55. The molecule has 0 radical (unpaired) electrons. The molecule has 23 heavy (non-hydrogen) atoms. The number of hydrogen-bond acceptors (Lipinski definition) is 5. The van der Waals surface area contributed by atoms with Gasteiger partial charge in [0.15, 0.2) is 0 Å². The standard InChI is InChI=1S/C16H22N6O/c1-13(2)15(22-12-18-11-19-22)16(23)21-9-7-20(8-10-21)14-3-5-17-6-4-14/h3-6,11-13,15H,7-10H2,1-2H3/t15-/m0/s1. The minimum absolute atomic E-state index is 0.125. The van der Waals surface area contributed by atoms with Crippen LogP contribution < -0.4 is 4.90 Å². The largest absolute Gasteiger partial charge is 0.368 e. The van der Waals surface area contributed by atoms with Gasteiger partial charge in [0, 0.05) is 44.3 Å².